The molecule has 2 nitrogen and oxygen atoms in total. The van der Waals surface area contributed by atoms with E-state index in [1.807, 2.05) is 53.7 Å². The lowest BCUT2D eigenvalue weighted by atomic mass is 9.72. The van der Waals surface area contributed by atoms with Crippen molar-refractivity contribution in [3.05, 3.63) is 58.5 Å². The van der Waals surface area contributed by atoms with Crippen molar-refractivity contribution in [1.82, 2.24) is 0 Å². The largest absolute Gasteiger partial charge is 0.507 e. The van der Waals surface area contributed by atoms with Gasteiger partial charge >= 0.3 is 0 Å². The second-order valence-electron chi connectivity index (χ2n) is 8.29. The van der Waals surface area contributed by atoms with Crippen molar-refractivity contribution in [2.24, 2.45) is 10.8 Å². The Morgan fingerprint density at radius 1 is 0.958 bits per heavy atom. The van der Waals surface area contributed by atoms with Crippen molar-refractivity contribution in [3.8, 4) is 5.75 Å². The molecule has 0 fully saturated rings. The quantitative estimate of drug-likeness (QED) is 0.745. The Hall–Kier alpha value is -2.16. The molecule has 0 aliphatic heterocycles. The molecule has 0 amide bonds. The summed E-state index contributed by atoms with van der Waals surface area (Å²) in [6, 6.07) is 3.83. The van der Waals surface area contributed by atoms with Crippen molar-refractivity contribution in [3.63, 3.8) is 0 Å². The molecule has 0 heterocycles. The van der Waals surface area contributed by atoms with Crippen LogP contribution in [-0.2, 0) is 4.79 Å². The molecule has 0 unspecified atom stereocenters. The fourth-order valence-corrected chi connectivity index (χ4v) is 2.67. The fraction of sp³-hybridized carbons (Fsp3) is 0.381. The van der Waals surface area contributed by atoms with Crippen molar-refractivity contribution < 1.29 is 14.3 Å². The van der Waals surface area contributed by atoms with Gasteiger partial charge in [-0.2, -0.15) is 0 Å². The molecular formula is C21H25FO2. The predicted octanol–water partition coefficient (Wildman–Crippen LogP) is 5.44. The highest BCUT2D eigenvalue weighted by Crippen LogP contribution is 2.39. The smallest absolute Gasteiger partial charge is 0.186 e. The molecule has 0 spiro atoms. The Labute approximate surface area is 143 Å². The van der Waals surface area contributed by atoms with Gasteiger partial charge in [0.2, 0.25) is 0 Å². The second-order valence-corrected chi connectivity index (χ2v) is 8.29. The van der Waals surface area contributed by atoms with Crippen LogP contribution in [0, 0.1) is 16.6 Å². The molecule has 24 heavy (non-hydrogen) atoms. The Morgan fingerprint density at radius 2 is 1.46 bits per heavy atom. The molecular weight excluding hydrogens is 303 g/mol. The van der Waals surface area contributed by atoms with Crippen LogP contribution in [0.3, 0.4) is 0 Å². The van der Waals surface area contributed by atoms with Crippen LogP contribution in [-0.4, -0.2) is 10.9 Å². The molecule has 0 bridgehead atoms. The van der Waals surface area contributed by atoms with Crippen LogP contribution in [0.1, 0.15) is 47.1 Å². The molecule has 128 valence electrons. The average molecular weight is 328 g/mol. The number of rotatable bonds is 1. The van der Waals surface area contributed by atoms with Crippen LogP contribution in [0.2, 0.25) is 0 Å². The lowest BCUT2D eigenvalue weighted by molar-refractivity contribution is -0.114. The maximum atomic E-state index is 13.5. The van der Waals surface area contributed by atoms with Gasteiger partial charge < -0.3 is 5.11 Å². The number of allylic oxidation sites excluding steroid dienone is 5. The Morgan fingerprint density at radius 3 is 1.92 bits per heavy atom. The minimum Gasteiger partial charge on any atom is -0.507 e. The summed E-state index contributed by atoms with van der Waals surface area (Å²) in [6.07, 6.45) is 5.38. The number of phenols is 1. The average Bonchev–Trinajstić information content (AvgIpc) is 2.42. The Bertz CT molecular complexity index is 730. The molecule has 0 atom stereocenters. The molecule has 1 aliphatic rings. The van der Waals surface area contributed by atoms with Gasteiger partial charge in [-0.25, -0.2) is 4.39 Å². The van der Waals surface area contributed by atoms with Crippen molar-refractivity contribution in [1.29, 1.82) is 0 Å². The number of Topliss-reactive ketones (excluding diaryl/α,β-unsaturated/α-hetero) is 1. The van der Waals surface area contributed by atoms with Gasteiger partial charge in [0.05, 0.1) is 0 Å². The monoisotopic (exact) mass is 328 g/mol. The van der Waals surface area contributed by atoms with Crippen molar-refractivity contribution in [2.75, 3.05) is 0 Å². The predicted molar refractivity (Wildman–Crippen MR) is 96.1 cm³/mol. The number of halogens is 1. The van der Waals surface area contributed by atoms with Crippen LogP contribution in [0.15, 0.2) is 47.1 Å². The maximum absolute atomic E-state index is 13.5. The van der Waals surface area contributed by atoms with Gasteiger partial charge in [0.1, 0.15) is 11.6 Å². The first-order valence-corrected chi connectivity index (χ1v) is 8.09. The van der Waals surface area contributed by atoms with E-state index in [9.17, 15) is 14.3 Å². The van der Waals surface area contributed by atoms with Crippen LogP contribution in [0.5, 0.6) is 5.75 Å². The number of benzene rings is 1. The first-order chi connectivity index (χ1) is 10.9. The summed E-state index contributed by atoms with van der Waals surface area (Å²) in [7, 11) is 0. The van der Waals surface area contributed by atoms with E-state index in [2.05, 4.69) is 0 Å². The maximum Gasteiger partial charge on any atom is 0.186 e. The number of phenolic OH excluding ortho intramolecular Hbond substituents is 1. The number of hydrogen-bond acceptors (Lipinski definition) is 2. The Kier molecular flexibility index (Phi) is 4.58. The molecule has 1 aliphatic carbocycles. The van der Waals surface area contributed by atoms with E-state index >= 15 is 0 Å². The normalized spacial score (nSPS) is 16.0. The number of hydrogen-bond donors (Lipinski definition) is 1. The van der Waals surface area contributed by atoms with E-state index in [4.69, 9.17) is 0 Å². The van der Waals surface area contributed by atoms with E-state index in [0.29, 0.717) is 5.56 Å². The van der Waals surface area contributed by atoms with E-state index in [1.54, 1.807) is 6.08 Å². The first kappa shape index (κ1) is 18.2. The van der Waals surface area contributed by atoms with Crippen LogP contribution >= 0.6 is 0 Å². The highest BCUT2D eigenvalue weighted by Gasteiger charge is 2.33. The molecule has 1 N–H and O–H groups in total. The number of carbonyl (C=O) groups excluding carboxylic acids is 1. The molecule has 3 heteroatoms. The molecule has 0 radical (unpaired) electrons. The molecule has 0 saturated carbocycles. The van der Waals surface area contributed by atoms with Crippen molar-refractivity contribution >= 4 is 11.9 Å². The van der Waals surface area contributed by atoms with E-state index in [1.165, 1.54) is 18.2 Å². The number of aromatic hydroxyl groups is 1. The van der Waals surface area contributed by atoms with Gasteiger partial charge in [0, 0.05) is 16.7 Å². The Balaban J connectivity index is 2.64. The van der Waals surface area contributed by atoms with Crippen LogP contribution < -0.4 is 0 Å². The summed E-state index contributed by atoms with van der Waals surface area (Å²) >= 11 is 0. The lowest BCUT2D eigenvalue weighted by Gasteiger charge is -2.31. The van der Waals surface area contributed by atoms with E-state index in [-0.39, 0.29) is 22.4 Å². The van der Waals surface area contributed by atoms with Crippen LogP contribution in [0.4, 0.5) is 4.39 Å². The third kappa shape index (κ3) is 3.84. The van der Waals surface area contributed by atoms with Gasteiger partial charge in [-0.15, -0.1) is 0 Å². The number of ketones is 1. The molecule has 2 rings (SSSR count). The third-order valence-corrected chi connectivity index (χ3v) is 4.04. The lowest BCUT2D eigenvalue weighted by Crippen LogP contribution is -2.27. The summed E-state index contributed by atoms with van der Waals surface area (Å²) in [4.78, 5) is 12.9. The highest BCUT2D eigenvalue weighted by atomic mass is 19.1. The third-order valence-electron chi connectivity index (χ3n) is 4.04. The molecule has 0 aromatic heterocycles. The standard InChI is InChI=1S/C21H25FO2/c1-20(2,3)16-10-13(11-17(19(16)24)21(4,5)6)9-14-12-15(22)7-8-18(14)23/h7-12,23H,1-6H3. The van der Waals surface area contributed by atoms with Crippen molar-refractivity contribution in [2.45, 2.75) is 41.5 Å². The van der Waals surface area contributed by atoms with Gasteiger partial charge in [-0.1, -0.05) is 41.5 Å². The van der Waals surface area contributed by atoms with Gasteiger partial charge in [-0.3, -0.25) is 4.79 Å². The van der Waals surface area contributed by atoms with E-state index < -0.39 is 5.82 Å². The summed E-state index contributed by atoms with van der Waals surface area (Å²) < 4.78 is 13.5. The first-order valence-electron chi connectivity index (χ1n) is 8.09. The summed E-state index contributed by atoms with van der Waals surface area (Å²) in [6.45, 7) is 12.0. The topological polar surface area (TPSA) is 37.3 Å². The van der Waals surface area contributed by atoms with Gasteiger partial charge in [0.15, 0.2) is 5.78 Å². The highest BCUT2D eigenvalue weighted by molar-refractivity contribution is 6.12. The minimum absolute atomic E-state index is 0.0113. The second kappa shape index (κ2) is 6.04. The zero-order valence-electron chi connectivity index (χ0n) is 15.2. The van der Waals surface area contributed by atoms with E-state index in [0.717, 1.165) is 16.7 Å². The SMILES string of the molecule is CC(C)(C)C1=CC(=Cc2cc(F)ccc2O)C=C(C(C)(C)C)C1=O. The molecule has 1 aromatic rings. The summed E-state index contributed by atoms with van der Waals surface area (Å²) in [5, 5.41) is 9.95. The fourth-order valence-electron chi connectivity index (χ4n) is 2.67. The van der Waals surface area contributed by atoms with Gasteiger partial charge in [-0.05, 0) is 52.8 Å². The summed E-state index contributed by atoms with van der Waals surface area (Å²) in [5.74, 6) is -0.348. The summed E-state index contributed by atoms with van der Waals surface area (Å²) in [5.41, 5.74) is 2.02. The number of carbonyl (C=O) groups is 1. The minimum atomic E-state index is -0.411. The van der Waals surface area contributed by atoms with Gasteiger partial charge in [0.25, 0.3) is 0 Å². The zero-order chi connectivity index (χ0) is 18.3. The zero-order valence-corrected chi connectivity index (χ0v) is 15.2. The molecule has 0 saturated heterocycles. The molecule has 1 aromatic carbocycles. The van der Waals surface area contributed by atoms with Crippen LogP contribution in [0.25, 0.3) is 6.08 Å².